The molecule has 106 valence electrons. The molecule has 0 spiro atoms. The Hall–Kier alpha value is -0.100. The lowest BCUT2D eigenvalue weighted by atomic mass is 9.81. The van der Waals surface area contributed by atoms with Crippen LogP contribution in [0.4, 0.5) is 0 Å². The Morgan fingerprint density at radius 1 is 1.11 bits per heavy atom. The van der Waals surface area contributed by atoms with Crippen LogP contribution in [-0.4, -0.2) is 16.3 Å². The van der Waals surface area contributed by atoms with Crippen LogP contribution in [0.5, 0.6) is 5.75 Å². The van der Waals surface area contributed by atoms with Crippen LogP contribution in [0.15, 0.2) is 21.1 Å². The number of aliphatic hydroxyl groups excluding tert-OH is 1. The van der Waals surface area contributed by atoms with Crippen molar-refractivity contribution in [3.05, 3.63) is 26.6 Å². The van der Waals surface area contributed by atoms with Crippen molar-refractivity contribution in [1.82, 2.24) is 0 Å². The molecule has 0 heterocycles. The highest BCUT2D eigenvalue weighted by Crippen LogP contribution is 2.37. The Kier molecular flexibility index (Phi) is 5.29. The summed E-state index contributed by atoms with van der Waals surface area (Å²) < 4.78 is 1.17. The number of benzene rings is 1. The predicted octanol–water partition coefficient (Wildman–Crippen LogP) is 3.86. The number of hydrogen-bond acceptors (Lipinski definition) is 3. The normalized spacial score (nSPS) is 20.2. The van der Waals surface area contributed by atoms with Crippen LogP contribution in [0, 0.1) is 5.92 Å². The van der Waals surface area contributed by atoms with Crippen molar-refractivity contribution >= 4 is 31.9 Å². The third kappa shape index (κ3) is 3.51. The van der Waals surface area contributed by atoms with Gasteiger partial charge in [0.25, 0.3) is 0 Å². The van der Waals surface area contributed by atoms with E-state index in [1.165, 1.54) is 19.3 Å². The zero-order chi connectivity index (χ0) is 14.0. The molecule has 4 N–H and O–H groups in total. The topological polar surface area (TPSA) is 66.5 Å². The molecule has 0 bridgehead atoms. The van der Waals surface area contributed by atoms with Crippen LogP contribution in [0.2, 0.25) is 0 Å². The van der Waals surface area contributed by atoms with Crippen molar-refractivity contribution in [1.29, 1.82) is 0 Å². The van der Waals surface area contributed by atoms with E-state index < -0.39 is 12.1 Å². The molecule has 1 aliphatic rings. The third-order valence-corrected chi connectivity index (χ3v) is 5.13. The third-order valence-electron chi connectivity index (χ3n) is 3.92. The number of aromatic hydroxyl groups is 1. The fourth-order valence-corrected chi connectivity index (χ4v) is 3.97. The van der Waals surface area contributed by atoms with Gasteiger partial charge in [-0.3, -0.25) is 0 Å². The second kappa shape index (κ2) is 6.57. The first-order chi connectivity index (χ1) is 9.00. The first-order valence-electron chi connectivity index (χ1n) is 6.62. The van der Waals surface area contributed by atoms with E-state index in [2.05, 4.69) is 31.9 Å². The second-order valence-electron chi connectivity index (χ2n) is 5.25. The number of aliphatic hydroxyl groups is 1. The molecule has 1 aromatic rings. The smallest absolute Gasteiger partial charge is 0.143 e. The lowest BCUT2D eigenvalue weighted by Crippen LogP contribution is -2.34. The summed E-state index contributed by atoms with van der Waals surface area (Å²) in [5, 5.41) is 20.1. The molecule has 2 atom stereocenters. The molecule has 0 unspecified atom stereocenters. The van der Waals surface area contributed by atoms with Gasteiger partial charge in [-0.05, 0) is 68.3 Å². The minimum Gasteiger partial charge on any atom is -0.506 e. The molecule has 1 fully saturated rings. The van der Waals surface area contributed by atoms with Gasteiger partial charge in [-0.2, -0.15) is 0 Å². The average molecular weight is 393 g/mol. The zero-order valence-corrected chi connectivity index (χ0v) is 13.8. The van der Waals surface area contributed by atoms with Crippen LogP contribution >= 0.6 is 31.9 Å². The van der Waals surface area contributed by atoms with Gasteiger partial charge in [0.15, 0.2) is 0 Å². The van der Waals surface area contributed by atoms with Crippen molar-refractivity contribution in [3.63, 3.8) is 0 Å². The molecule has 0 amide bonds. The van der Waals surface area contributed by atoms with Crippen molar-refractivity contribution < 1.29 is 10.2 Å². The SMILES string of the molecule is N[C@@H](c1cc(Br)c(O)c(Br)c1)[C@H](O)C1CCCCC1. The van der Waals surface area contributed by atoms with Gasteiger partial charge >= 0.3 is 0 Å². The van der Waals surface area contributed by atoms with Gasteiger partial charge in [-0.25, -0.2) is 0 Å². The molecular formula is C14H19Br2NO2. The van der Waals surface area contributed by atoms with E-state index in [0.29, 0.717) is 8.95 Å². The number of phenols is 1. The van der Waals surface area contributed by atoms with E-state index in [1.807, 2.05) is 0 Å². The van der Waals surface area contributed by atoms with Crippen LogP contribution in [0.3, 0.4) is 0 Å². The first-order valence-corrected chi connectivity index (χ1v) is 8.21. The number of halogens is 2. The minimum absolute atomic E-state index is 0.156. The molecule has 19 heavy (non-hydrogen) atoms. The summed E-state index contributed by atoms with van der Waals surface area (Å²) in [5.41, 5.74) is 7.01. The van der Waals surface area contributed by atoms with Gasteiger partial charge < -0.3 is 15.9 Å². The van der Waals surface area contributed by atoms with Crippen molar-refractivity contribution in [2.24, 2.45) is 11.7 Å². The second-order valence-corrected chi connectivity index (χ2v) is 6.96. The van der Waals surface area contributed by atoms with Crippen LogP contribution in [0.1, 0.15) is 43.7 Å². The Balaban J connectivity index is 2.16. The van der Waals surface area contributed by atoms with E-state index in [9.17, 15) is 10.2 Å². The molecule has 0 aliphatic heterocycles. The number of rotatable bonds is 3. The highest BCUT2D eigenvalue weighted by Gasteiger charge is 2.28. The Morgan fingerprint density at radius 2 is 1.63 bits per heavy atom. The maximum atomic E-state index is 10.4. The van der Waals surface area contributed by atoms with E-state index in [-0.39, 0.29) is 11.7 Å². The van der Waals surface area contributed by atoms with Gasteiger partial charge in [0, 0.05) is 0 Å². The number of phenolic OH excluding ortho intramolecular Hbond substituents is 1. The van der Waals surface area contributed by atoms with Crippen molar-refractivity contribution in [2.45, 2.75) is 44.2 Å². The molecule has 0 radical (unpaired) electrons. The molecule has 1 aromatic carbocycles. The average Bonchev–Trinajstić information content (AvgIpc) is 2.43. The highest BCUT2D eigenvalue weighted by molar-refractivity contribution is 9.11. The standard InChI is InChI=1S/C14H19Br2NO2/c15-10-6-9(7-11(16)14(10)19)12(17)13(18)8-4-2-1-3-5-8/h6-8,12-13,18-19H,1-5,17H2/t12-,13+/m0/s1. The maximum Gasteiger partial charge on any atom is 0.143 e. The van der Waals surface area contributed by atoms with E-state index in [1.54, 1.807) is 12.1 Å². The minimum atomic E-state index is -0.524. The number of hydrogen-bond donors (Lipinski definition) is 3. The highest BCUT2D eigenvalue weighted by atomic mass is 79.9. The van der Waals surface area contributed by atoms with Crippen LogP contribution in [-0.2, 0) is 0 Å². The lowest BCUT2D eigenvalue weighted by molar-refractivity contribution is 0.0617. The lowest BCUT2D eigenvalue weighted by Gasteiger charge is -2.30. The summed E-state index contributed by atoms with van der Waals surface area (Å²) in [6.07, 6.45) is 5.19. The van der Waals surface area contributed by atoms with E-state index in [4.69, 9.17) is 5.73 Å². The Bertz CT molecular complexity index is 424. The molecule has 1 saturated carbocycles. The number of nitrogens with two attached hydrogens (primary N) is 1. The summed E-state index contributed by atoms with van der Waals surface area (Å²) in [5.74, 6) is 0.443. The maximum absolute atomic E-state index is 10.4. The van der Waals surface area contributed by atoms with Gasteiger partial charge in [0.05, 0.1) is 21.1 Å². The summed E-state index contributed by atoms with van der Waals surface area (Å²) >= 11 is 6.59. The summed E-state index contributed by atoms with van der Waals surface area (Å²) in [6.45, 7) is 0. The summed E-state index contributed by atoms with van der Waals surface area (Å²) in [4.78, 5) is 0. The Labute approximate surface area is 130 Å². The molecule has 5 heteroatoms. The Morgan fingerprint density at radius 3 is 2.16 bits per heavy atom. The fourth-order valence-electron chi connectivity index (χ4n) is 2.74. The molecule has 1 aliphatic carbocycles. The van der Waals surface area contributed by atoms with Crippen LogP contribution < -0.4 is 5.73 Å². The van der Waals surface area contributed by atoms with Gasteiger partial charge in [0.1, 0.15) is 5.75 Å². The van der Waals surface area contributed by atoms with Gasteiger partial charge in [-0.1, -0.05) is 19.3 Å². The zero-order valence-electron chi connectivity index (χ0n) is 10.6. The molecule has 2 rings (SSSR count). The largest absolute Gasteiger partial charge is 0.506 e. The molecule has 0 saturated heterocycles. The monoisotopic (exact) mass is 391 g/mol. The molecule has 3 nitrogen and oxygen atoms in total. The van der Waals surface area contributed by atoms with Crippen molar-refractivity contribution in [3.8, 4) is 5.75 Å². The molecule has 0 aromatic heterocycles. The summed E-state index contributed by atoms with van der Waals surface area (Å²) in [6, 6.07) is 3.13. The molecular weight excluding hydrogens is 374 g/mol. The van der Waals surface area contributed by atoms with Crippen LogP contribution in [0.25, 0.3) is 0 Å². The first kappa shape index (κ1) is 15.3. The quantitative estimate of drug-likeness (QED) is 0.731. The van der Waals surface area contributed by atoms with E-state index in [0.717, 1.165) is 18.4 Å². The van der Waals surface area contributed by atoms with E-state index >= 15 is 0 Å². The van der Waals surface area contributed by atoms with Gasteiger partial charge in [-0.15, -0.1) is 0 Å². The van der Waals surface area contributed by atoms with Crippen molar-refractivity contribution in [2.75, 3.05) is 0 Å². The van der Waals surface area contributed by atoms with Gasteiger partial charge in [0.2, 0.25) is 0 Å². The predicted molar refractivity (Wildman–Crippen MR) is 83.0 cm³/mol. The summed E-state index contributed by atoms with van der Waals surface area (Å²) in [7, 11) is 0. The fraction of sp³-hybridized carbons (Fsp3) is 0.571.